The number of carbonyl (C=O) groups is 2. The topological polar surface area (TPSA) is 89.0 Å². The molecule has 0 radical (unpaired) electrons. The molecular formula is C42H54F2N2O5. The summed E-state index contributed by atoms with van der Waals surface area (Å²) in [6.07, 6.45) is 8.33. The number of halogens is 2. The van der Waals surface area contributed by atoms with Crippen molar-refractivity contribution in [3.63, 3.8) is 0 Å². The van der Waals surface area contributed by atoms with E-state index >= 15 is 0 Å². The van der Waals surface area contributed by atoms with Crippen LogP contribution in [0.1, 0.15) is 109 Å². The van der Waals surface area contributed by atoms with Gasteiger partial charge in [0.05, 0.1) is 18.3 Å². The first-order valence-electron chi connectivity index (χ1n) is 19.2. The van der Waals surface area contributed by atoms with Crippen LogP contribution < -0.4 is 0 Å². The van der Waals surface area contributed by atoms with Crippen molar-refractivity contribution in [3.05, 3.63) is 65.5 Å². The number of hydrogen-bond acceptors (Lipinski definition) is 6. The van der Waals surface area contributed by atoms with Crippen LogP contribution in [0.15, 0.2) is 42.6 Å². The lowest BCUT2D eigenvalue weighted by atomic mass is 9.41. The van der Waals surface area contributed by atoms with E-state index in [0.29, 0.717) is 29.6 Å². The second-order valence-electron chi connectivity index (χ2n) is 18.4. The molecule has 1 aromatic carbocycles. The maximum atomic E-state index is 14.0. The molecule has 8 rings (SSSR count). The average molecular weight is 705 g/mol. The zero-order chi connectivity index (χ0) is 36.3. The molecule has 12 atom stereocenters. The number of nitrogens with zero attached hydrogens (tertiary/aromatic N) is 2. The number of ether oxygens (including phenoxy) is 2. The first-order valence-corrected chi connectivity index (χ1v) is 19.2. The van der Waals surface area contributed by atoms with Crippen LogP contribution in [0.5, 0.6) is 0 Å². The maximum Gasteiger partial charge on any atom is 0.357 e. The molecule has 9 heteroatoms. The number of aliphatic hydroxyl groups excluding tert-OH is 1. The fourth-order valence-electron chi connectivity index (χ4n) is 13.9. The Morgan fingerprint density at radius 1 is 1.00 bits per heavy atom. The van der Waals surface area contributed by atoms with E-state index in [-0.39, 0.29) is 75.6 Å². The molecule has 1 aliphatic heterocycles. The van der Waals surface area contributed by atoms with Gasteiger partial charge < -0.3 is 19.5 Å². The Morgan fingerprint density at radius 3 is 2.39 bits per heavy atom. The van der Waals surface area contributed by atoms with E-state index in [2.05, 4.69) is 39.6 Å². The summed E-state index contributed by atoms with van der Waals surface area (Å²) in [5, 5.41) is 12.6. The SMILES string of the molecule is CC(=O)N(Cc1cc(F)cc(F)c1)CC1C[C@@H](C)[C@H]2C(O1)[C@H](O)[C@@]1(C)C3CC[C@H]4C(C)(C)C(OC(=O)c5ccccn5)CCC45CC35CCC21C. The van der Waals surface area contributed by atoms with Gasteiger partial charge in [0.25, 0.3) is 0 Å². The van der Waals surface area contributed by atoms with Crippen molar-refractivity contribution in [2.45, 2.75) is 124 Å². The smallest absolute Gasteiger partial charge is 0.357 e. The standard InChI is InChI=1S/C42H54F2N2O5/c1-24-17-29(22-46(25(2)47)21-26-18-27(43)20-28(44)19-26)50-35-34(24)39(5)14-15-42-23-41(42)13-12-33(51-37(49)30-9-7-8-16-45-30)38(3,4)31(41)10-11-32(42)40(39,6)36(35)48/h7-9,16,18-20,24,29,31-36,48H,10-15,17,21-23H2,1-6H3/t24-,29?,31+,32?,33?,34+,35?,36+,39?,40-,41?,42?/m1/s1. The first kappa shape index (κ1) is 35.1. The van der Waals surface area contributed by atoms with Gasteiger partial charge in [-0.1, -0.05) is 40.7 Å². The fraction of sp³-hybridized carbons (Fsp3) is 0.690. The highest BCUT2D eigenvalue weighted by atomic mass is 19.1. The molecule has 7 nitrogen and oxygen atoms in total. The lowest BCUT2D eigenvalue weighted by molar-refractivity contribution is -0.183. The molecule has 2 aromatic rings. The Kier molecular flexibility index (Phi) is 8.13. The molecule has 7 unspecified atom stereocenters. The average Bonchev–Trinajstić information content (AvgIpc) is 3.70. The molecule has 6 aliphatic rings. The highest BCUT2D eigenvalue weighted by Gasteiger charge is 2.84. The van der Waals surface area contributed by atoms with Gasteiger partial charge in [0.1, 0.15) is 23.4 Å². The fourth-order valence-corrected chi connectivity index (χ4v) is 13.9. The predicted octanol–water partition coefficient (Wildman–Crippen LogP) is 7.75. The lowest BCUT2D eigenvalue weighted by Crippen LogP contribution is -2.60. The van der Waals surface area contributed by atoms with E-state index < -0.39 is 17.7 Å². The van der Waals surface area contributed by atoms with Crippen molar-refractivity contribution in [2.75, 3.05) is 6.54 Å². The zero-order valence-corrected chi connectivity index (χ0v) is 31.0. The molecule has 276 valence electrons. The number of fused-ring (bicyclic) bond motifs is 4. The Hall–Kier alpha value is -2.91. The predicted molar refractivity (Wildman–Crippen MR) is 187 cm³/mol. The number of carbonyl (C=O) groups excluding carboxylic acids is 2. The van der Waals surface area contributed by atoms with Gasteiger partial charge in [-0.25, -0.2) is 18.6 Å². The normalized spacial score (nSPS) is 43.1. The van der Waals surface area contributed by atoms with Crippen molar-refractivity contribution in [1.29, 1.82) is 0 Å². The Morgan fingerprint density at radius 2 is 1.71 bits per heavy atom. The Balaban J connectivity index is 1.02. The number of hydrogen-bond donors (Lipinski definition) is 1. The van der Waals surface area contributed by atoms with Gasteiger partial charge in [0.2, 0.25) is 5.91 Å². The van der Waals surface area contributed by atoms with E-state index in [1.54, 1.807) is 23.2 Å². The van der Waals surface area contributed by atoms with Crippen LogP contribution in [0.4, 0.5) is 8.78 Å². The molecule has 5 aliphatic carbocycles. The van der Waals surface area contributed by atoms with Gasteiger partial charge in [-0.2, -0.15) is 0 Å². The summed E-state index contributed by atoms with van der Waals surface area (Å²) in [4.78, 5) is 31.7. The molecule has 1 N–H and O–H groups in total. The second kappa shape index (κ2) is 11.8. The largest absolute Gasteiger partial charge is 0.457 e. The van der Waals surface area contributed by atoms with Crippen molar-refractivity contribution in [2.24, 2.45) is 50.7 Å². The molecule has 1 aromatic heterocycles. The molecule has 51 heavy (non-hydrogen) atoms. The van der Waals surface area contributed by atoms with Crippen molar-refractivity contribution in [1.82, 2.24) is 9.88 Å². The number of aromatic nitrogens is 1. The summed E-state index contributed by atoms with van der Waals surface area (Å²) in [7, 11) is 0. The van der Waals surface area contributed by atoms with Crippen LogP contribution in [-0.2, 0) is 20.8 Å². The zero-order valence-electron chi connectivity index (χ0n) is 31.0. The highest BCUT2D eigenvalue weighted by Crippen LogP contribution is 2.89. The number of esters is 1. The van der Waals surface area contributed by atoms with Crippen LogP contribution in [0.25, 0.3) is 0 Å². The summed E-state index contributed by atoms with van der Waals surface area (Å²) in [5.74, 6) is -0.576. The van der Waals surface area contributed by atoms with Gasteiger partial charge >= 0.3 is 5.97 Å². The minimum atomic E-state index is -0.665. The second-order valence-corrected chi connectivity index (χ2v) is 18.4. The molecule has 1 saturated heterocycles. The highest BCUT2D eigenvalue weighted by molar-refractivity contribution is 5.87. The third-order valence-corrected chi connectivity index (χ3v) is 16.1. The quantitative estimate of drug-likeness (QED) is 0.310. The monoisotopic (exact) mass is 704 g/mol. The van der Waals surface area contributed by atoms with Crippen LogP contribution in [-0.4, -0.2) is 57.8 Å². The molecule has 1 amide bonds. The van der Waals surface area contributed by atoms with Crippen molar-refractivity contribution in [3.8, 4) is 0 Å². The van der Waals surface area contributed by atoms with Crippen LogP contribution in [0.3, 0.4) is 0 Å². The lowest BCUT2D eigenvalue weighted by Gasteiger charge is -2.63. The Bertz CT molecular complexity index is 1700. The van der Waals surface area contributed by atoms with Crippen LogP contribution >= 0.6 is 0 Å². The van der Waals surface area contributed by atoms with Gasteiger partial charge in [0.15, 0.2) is 0 Å². The van der Waals surface area contributed by atoms with Gasteiger partial charge in [-0.15, -0.1) is 0 Å². The summed E-state index contributed by atoms with van der Waals surface area (Å²) in [6.45, 7) is 13.6. The third kappa shape index (κ3) is 4.95. The summed E-state index contributed by atoms with van der Waals surface area (Å²) < 4.78 is 41.1. The maximum absolute atomic E-state index is 14.0. The summed E-state index contributed by atoms with van der Waals surface area (Å²) in [5.41, 5.74) is 0.512. The molecule has 6 fully saturated rings. The van der Waals surface area contributed by atoms with Crippen LogP contribution in [0.2, 0.25) is 0 Å². The molecule has 2 heterocycles. The van der Waals surface area contributed by atoms with Gasteiger partial charge in [0, 0.05) is 43.1 Å². The minimum Gasteiger partial charge on any atom is -0.457 e. The number of pyridine rings is 1. The van der Waals surface area contributed by atoms with E-state index in [1.807, 2.05) is 6.07 Å². The van der Waals surface area contributed by atoms with E-state index in [4.69, 9.17) is 9.47 Å². The first-order chi connectivity index (χ1) is 24.1. The summed E-state index contributed by atoms with van der Waals surface area (Å²) >= 11 is 0. The van der Waals surface area contributed by atoms with Crippen molar-refractivity contribution >= 4 is 11.9 Å². The molecule has 0 bridgehead atoms. The Labute approximate surface area is 300 Å². The van der Waals surface area contributed by atoms with Crippen LogP contribution in [0, 0.1) is 62.4 Å². The van der Waals surface area contributed by atoms with E-state index in [0.717, 1.165) is 51.0 Å². The van der Waals surface area contributed by atoms with Gasteiger partial charge in [-0.3, -0.25) is 4.79 Å². The number of amides is 1. The van der Waals surface area contributed by atoms with E-state index in [9.17, 15) is 23.5 Å². The number of rotatable bonds is 6. The third-order valence-electron chi connectivity index (χ3n) is 16.1. The number of aliphatic hydroxyl groups is 1. The minimum absolute atomic E-state index is 0.0950. The molecule has 2 spiro atoms. The molecule has 5 saturated carbocycles. The van der Waals surface area contributed by atoms with Crippen molar-refractivity contribution < 1.29 is 33.0 Å². The van der Waals surface area contributed by atoms with E-state index in [1.165, 1.54) is 25.5 Å². The number of benzene rings is 1. The van der Waals surface area contributed by atoms with Gasteiger partial charge in [-0.05, 0) is 121 Å². The molecular weight excluding hydrogens is 650 g/mol. The summed E-state index contributed by atoms with van der Waals surface area (Å²) in [6, 6.07) is 8.70.